The Balaban J connectivity index is 1.63. The van der Waals surface area contributed by atoms with Gasteiger partial charge in [0.2, 0.25) is 5.91 Å². The van der Waals surface area contributed by atoms with Crippen LogP contribution in [-0.2, 0) is 14.3 Å². The van der Waals surface area contributed by atoms with Gasteiger partial charge in [-0.25, -0.2) is 9.59 Å². The van der Waals surface area contributed by atoms with Gasteiger partial charge in [-0.3, -0.25) is 4.79 Å². The minimum Gasteiger partial charge on any atom is -0.480 e. The molecule has 0 aromatic heterocycles. The Morgan fingerprint density at radius 3 is 2.03 bits per heavy atom. The fraction of sp³-hybridized carbons (Fsp3) is 0.444. The van der Waals surface area contributed by atoms with Crippen LogP contribution in [0, 0.1) is 5.41 Å². The predicted molar refractivity (Wildman–Crippen MR) is 131 cm³/mol. The summed E-state index contributed by atoms with van der Waals surface area (Å²) in [6.07, 6.45) is 1.31. The van der Waals surface area contributed by atoms with Crippen LogP contribution in [0.4, 0.5) is 4.79 Å². The fourth-order valence-corrected chi connectivity index (χ4v) is 4.65. The first-order valence-corrected chi connectivity index (χ1v) is 12.0. The van der Waals surface area contributed by atoms with Gasteiger partial charge in [-0.05, 0) is 41.5 Å². The lowest BCUT2D eigenvalue weighted by atomic mass is 9.81. The minimum absolute atomic E-state index is 0.0473. The normalized spacial score (nSPS) is 13.5. The fourth-order valence-electron chi connectivity index (χ4n) is 4.65. The largest absolute Gasteiger partial charge is 0.480 e. The van der Waals surface area contributed by atoms with Crippen molar-refractivity contribution in [3.05, 3.63) is 59.7 Å². The standard InChI is InChI=1S/C27H34N2O5/c1-4-11-23(24(30)31)29-25(32)27(5-2,6-3)17-28-26(33)34-16-22-20-14-9-7-12-18(20)19-13-8-10-15-21(19)22/h7-10,12-15,22-23H,4-6,11,16-17H2,1-3H3,(H,28,33)(H,29,32)(H,30,31)/t23-/m0/s1. The maximum atomic E-state index is 13.0. The maximum absolute atomic E-state index is 13.0. The Bertz CT molecular complexity index is 986. The van der Waals surface area contributed by atoms with E-state index in [9.17, 15) is 19.5 Å². The first-order valence-electron chi connectivity index (χ1n) is 12.0. The van der Waals surface area contributed by atoms with Crippen LogP contribution in [0.15, 0.2) is 48.5 Å². The number of carbonyl (C=O) groups excluding carboxylic acids is 2. The number of amides is 2. The molecule has 0 aliphatic heterocycles. The molecule has 7 heteroatoms. The summed E-state index contributed by atoms with van der Waals surface area (Å²) in [5, 5.41) is 14.8. The number of aliphatic carboxylic acids is 1. The van der Waals surface area contributed by atoms with E-state index in [0.717, 1.165) is 22.3 Å². The van der Waals surface area contributed by atoms with Gasteiger partial charge in [-0.2, -0.15) is 0 Å². The zero-order valence-electron chi connectivity index (χ0n) is 20.1. The molecule has 3 N–H and O–H groups in total. The summed E-state index contributed by atoms with van der Waals surface area (Å²) in [6, 6.07) is 15.3. The van der Waals surface area contributed by atoms with Crippen molar-refractivity contribution >= 4 is 18.0 Å². The average Bonchev–Trinajstić information content (AvgIpc) is 3.17. The molecule has 0 saturated carbocycles. The summed E-state index contributed by atoms with van der Waals surface area (Å²) in [5.41, 5.74) is 3.65. The second kappa shape index (κ2) is 11.2. The van der Waals surface area contributed by atoms with E-state index in [1.54, 1.807) is 0 Å². The number of hydrogen-bond acceptors (Lipinski definition) is 4. The van der Waals surface area contributed by atoms with E-state index in [1.807, 2.05) is 45.0 Å². The van der Waals surface area contributed by atoms with Crippen molar-refractivity contribution in [3.63, 3.8) is 0 Å². The van der Waals surface area contributed by atoms with Gasteiger partial charge >= 0.3 is 12.1 Å². The molecular weight excluding hydrogens is 432 g/mol. The number of carboxylic acids is 1. The van der Waals surface area contributed by atoms with Crippen LogP contribution in [0.3, 0.4) is 0 Å². The monoisotopic (exact) mass is 466 g/mol. The zero-order valence-corrected chi connectivity index (χ0v) is 20.1. The molecule has 0 spiro atoms. The van der Waals surface area contributed by atoms with Gasteiger partial charge in [-0.15, -0.1) is 0 Å². The van der Waals surface area contributed by atoms with Crippen molar-refractivity contribution in [2.75, 3.05) is 13.2 Å². The van der Waals surface area contributed by atoms with Gasteiger partial charge in [0.25, 0.3) is 0 Å². The van der Waals surface area contributed by atoms with Crippen molar-refractivity contribution in [1.82, 2.24) is 10.6 Å². The van der Waals surface area contributed by atoms with Crippen LogP contribution < -0.4 is 10.6 Å². The molecule has 0 bridgehead atoms. The SMILES string of the molecule is CCC[C@H](NC(=O)C(CC)(CC)CNC(=O)OCC1c2ccccc2-c2ccccc21)C(=O)O. The third kappa shape index (κ3) is 5.24. The smallest absolute Gasteiger partial charge is 0.407 e. The first-order chi connectivity index (χ1) is 16.4. The Morgan fingerprint density at radius 2 is 1.53 bits per heavy atom. The molecule has 2 aromatic rings. The summed E-state index contributed by atoms with van der Waals surface area (Å²) >= 11 is 0. The Hall–Kier alpha value is -3.35. The van der Waals surface area contributed by atoms with E-state index in [1.165, 1.54) is 0 Å². The summed E-state index contributed by atoms with van der Waals surface area (Å²) < 4.78 is 5.59. The van der Waals surface area contributed by atoms with Crippen LogP contribution >= 0.6 is 0 Å². The molecule has 7 nitrogen and oxygen atoms in total. The molecule has 0 unspecified atom stereocenters. The van der Waals surface area contributed by atoms with Gasteiger partial charge in [-0.1, -0.05) is 75.7 Å². The van der Waals surface area contributed by atoms with E-state index in [4.69, 9.17) is 4.74 Å². The molecule has 0 heterocycles. The van der Waals surface area contributed by atoms with Crippen molar-refractivity contribution in [3.8, 4) is 11.1 Å². The van der Waals surface area contributed by atoms with Gasteiger partial charge in [0, 0.05) is 12.5 Å². The molecule has 0 radical (unpaired) electrons. The number of carbonyl (C=O) groups is 3. The third-order valence-electron chi connectivity index (χ3n) is 6.93. The number of rotatable bonds is 11. The van der Waals surface area contributed by atoms with E-state index in [2.05, 4.69) is 34.9 Å². The topological polar surface area (TPSA) is 105 Å². The maximum Gasteiger partial charge on any atom is 0.407 e. The number of nitrogens with one attached hydrogen (secondary N) is 2. The van der Waals surface area contributed by atoms with Crippen molar-refractivity contribution in [2.45, 2.75) is 58.4 Å². The first kappa shape index (κ1) is 25.3. The second-order valence-electron chi connectivity index (χ2n) is 8.82. The number of alkyl carbamates (subject to hydrolysis) is 1. The highest BCUT2D eigenvalue weighted by Crippen LogP contribution is 2.44. The molecule has 34 heavy (non-hydrogen) atoms. The number of fused-ring (bicyclic) bond motifs is 3. The van der Waals surface area contributed by atoms with Gasteiger partial charge < -0.3 is 20.5 Å². The van der Waals surface area contributed by atoms with Crippen LogP contribution in [0.1, 0.15) is 63.5 Å². The molecule has 2 amide bonds. The van der Waals surface area contributed by atoms with Crippen LogP contribution in [0.25, 0.3) is 11.1 Å². The third-order valence-corrected chi connectivity index (χ3v) is 6.93. The number of benzene rings is 2. The highest BCUT2D eigenvalue weighted by atomic mass is 16.5. The molecule has 182 valence electrons. The van der Waals surface area contributed by atoms with Crippen LogP contribution in [-0.4, -0.2) is 42.3 Å². The lowest BCUT2D eigenvalue weighted by Gasteiger charge is -2.31. The van der Waals surface area contributed by atoms with Gasteiger partial charge in [0.15, 0.2) is 0 Å². The van der Waals surface area contributed by atoms with Gasteiger partial charge in [0.1, 0.15) is 12.6 Å². The number of ether oxygens (including phenoxy) is 1. The van der Waals surface area contributed by atoms with E-state index in [0.29, 0.717) is 25.7 Å². The molecule has 0 saturated heterocycles. The number of hydrogen-bond donors (Lipinski definition) is 3. The summed E-state index contributed by atoms with van der Waals surface area (Å²) in [4.78, 5) is 37.1. The average molecular weight is 467 g/mol. The molecule has 3 rings (SSSR count). The highest BCUT2D eigenvalue weighted by molar-refractivity contribution is 5.88. The quantitative estimate of drug-likeness (QED) is 0.445. The van der Waals surface area contributed by atoms with Crippen molar-refractivity contribution in [1.29, 1.82) is 0 Å². The summed E-state index contributed by atoms with van der Waals surface area (Å²) in [7, 11) is 0. The molecule has 1 aliphatic rings. The number of carboxylic acid groups (broad SMARTS) is 1. The van der Waals surface area contributed by atoms with Crippen LogP contribution in [0.5, 0.6) is 0 Å². The van der Waals surface area contributed by atoms with Crippen molar-refractivity contribution in [2.24, 2.45) is 5.41 Å². The molecule has 2 aromatic carbocycles. The second-order valence-corrected chi connectivity index (χ2v) is 8.82. The lowest BCUT2D eigenvalue weighted by molar-refractivity contribution is -0.144. The zero-order chi connectivity index (χ0) is 24.7. The molecular formula is C27H34N2O5. The summed E-state index contributed by atoms with van der Waals surface area (Å²) in [5.74, 6) is -1.47. The Kier molecular flexibility index (Phi) is 8.31. The van der Waals surface area contributed by atoms with Gasteiger partial charge in [0.05, 0.1) is 5.41 Å². The molecule has 1 atom stereocenters. The molecule has 1 aliphatic carbocycles. The lowest BCUT2D eigenvalue weighted by Crippen LogP contribution is -2.52. The van der Waals surface area contributed by atoms with E-state index >= 15 is 0 Å². The van der Waals surface area contributed by atoms with E-state index in [-0.39, 0.29) is 25.0 Å². The summed E-state index contributed by atoms with van der Waals surface area (Å²) in [6.45, 7) is 5.85. The molecule has 0 fully saturated rings. The Labute approximate surface area is 200 Å². The highest BCUT2D eigenvalue weighted by Gasteiger charge is 2.37. The Morgan fingerprint density at radius 1 is 0.971 bits per heavy atom. The van der Waals surface area contributed by atoms with E-state index < -0.39 is 23.5 Å². The predicted octanol–water partition coefficient (Wildman–Crippen LogP) is 4.70. The van der Waals surface area contributed by atoms with Crippen molar-refractivity contribution < 1.29 is 24.2 Å². The minimum atomic E-state index is -1.05. The van der Waals surface area contributed by atoms with Crippen LogP contribution in [0.2, 0.25) is 0 Å².